The number of benzene rings is 1. The summed E-state index contributed by atoms with van der Waals surface area (Å²) < 4.78 is 39.7. The van der Waals surface area contributed by atoms with Crippen molar-refractivity contribution in [2.45, 2.75) is 26.1 Å². The van der Waals surface area contributed by atoms with Crippen molar-refractivity contribution in [1.29, 1.82) is 0 Å². The maximum absolute atomic E-state index is 12.6. The van der Waals surface area contributed by atoms with Gasteiger partial charge in [0.15, 0.2) is 5.96 Å². The summed E-state index contributed by atoms with van der Waals surface area (Å²) in [5.41, 5.74) is 1.26. The van der Waals surface area contributed by atoms with Gasteiger partial charge in [-0.2, -0.15) is 18.3 Å². The molecule has 0 saturated heterocycles. The van der Waals surface area contributed by atoms with E-state index in [4.69, 9.17) is 0 Å². The van der Waals surface area contributed by atoms with E-state index in [0.29, 0.717) is 19.6 Å². The Balaban J connectivity index is 1.98. The first kappa shape index (κ1) is 19.8. The average molecular weight is 367 g/mol. The SMILES string of the molecule is CCNC(=NCCc1cnn(C)c1)N(C)Cc1ccc(C(F)(F)F)cc1. The second-order valence-electron chi connectivity index (χ2n) is 6.06. The van der Waals surface area contributed by atoms with Gasteiger partial charge in [-0.3, -0.25) is 9.67 Å². The molecule has 0 bridgehead atoms. The standard InChI is InChI=1S/C18H24F3N5/c1-4-22-17(23-10-9-15-11-24-26(3)13-15)25(2)12-14-5-7-16(8-6-14)18(19,20)21/h5-8,11,13H,4,9-10,12H2,1-3H3,(H,22,23). The Kier molecular flexibility index (Phi) is 6.65. The molecule has 2 aromatic rings. The Bertz CT molecular complexity index is 719. The van der Waals surface area contributed by atoms with Crippen molar-refractivity contribution in [2.24, 2.45) is 12.0 Å². The molecule has 0 atom stereocenters. The molecule has 2 rings (SSSR count). The number of hydrogen-bond acceptors (Lipinski definition) is 2. The molecule has 1 heterocycles. The van der Waals surface area contributed by atoms with E-state index in [0.717, 1.165) is 35.6 Å². The summed E-state index contributed by atoms with van der Waals surface area (Å²) >= 11 is 0. The molecule has 0 fully saturated rings. The van der Waals surface area contributed by atoms with Gasteiger partial charge in [0.2, 0.25) is 0 Å². The molecule has 26 heavy (non-hydrogen) atoms. The van der Waals surface area contributed by atoms with Gasteiger partial charge >= 0.3 is 6.18 Å². The molecule has 1 aromatic heterocycles. The Morgan fingerprint density at radius 3 is 2.46 bits per heavy atom. The first-order valence-electron chi connectivity index (χ1n) is 8.42. The molecular formula is C18H24F3N5. The molecule has 1 aromatic carbocycles. The van der Waals surface area contributed by atoms with Gasteiger partial charge in [-0.05, 0) is 36.6 Å². The second kappa shape index (κ2) is 8.73. The molecule has 1 N–H and O–H groups in total. The highest BCUT2D eigenvalue weighted by Gasteiger charge is 2.29. The third kappa shape index (κ3) is 5.79. The van der Waals surface area contributed by atoms with E-state index in [1.807, 2.05) is 38.3 Å². The van der Waals surface area contributed by atoms with Crippen molar-refractivity contribution in [1.82, 2.24) is 20.0 Å². The van der Waals surface area contributed by atoms with Crippen LogP contribution in [0.2, 0.25) is 0 Å². The number of nitrogens with one attached hydrogen (secondary N) is 1. The number of hydrogen-bond donors (Lipinski definition) is 1. The maximum atomic E-state index is 12.6. The van der Waals surface area contributed by atoms with Gasteiger partial charge in [0.25, 0.3) is 0 Å². The maximum Gasteiger partial charge on any atom is 0.416 e. The number of alkyl halides is 3. The number of rotatable bonds is 6. The van der Waals surface area contributed by atoms with Crippen LogP contribution in [0.4, 0.5) is 13.2 Å². The van der Waals surface area contributed by atoms with Crippen LogP contribution in [0.3, 0.4) is 0 Å². The van der Waals surface area contributed by atoms with Crippen LogP contribution in [0.1, 0.15) is 23.6 Å². The van der Waals surface area contributed by atoms with Crippen LogP contribution in [0.15, 0.2) is 41.7 Å². The summed E-state index contributed by atoms with van der Waals surface area (Å²) in [7, 11) is 3.73. The average Bonchev–Trinajstić information content (AvgIpc) is 2.99. The largest absolute Gasteiger partial charge is 0.416 e. The molecule has 5 nitrogen and oxygen atoms in total. The van der Waals surface area contributed by atoms with E-state index >= 15 is 0 Å². The molecule has 0 aliphatic heterocycles. The summed E-state index contributed by atoms with van der Waals surface area (Å²) in [4.78, 5) is 6.48. The minimum Gasteiger partial charge on any atom is -0.357 e. The van der Waals surface area contributed by atoms with Crippen LogP contribution in [-0.4, -0.2) is 40.8 Å². The fraction of sp³-hybridized carbons (Fsp3) is 0.444. The summed E-state index contributed by atoms with van der Waals surface area (Å²) in [5.74, 6) is 0.719. The lowest BCUT2D eigenvalue weighted by atomic mass is 10.1. The van der Waals surface area contributed by atoms with E-state index in [2.05, 4.69) is 15.4 Å². The van der Waals surface area contributed by atoms with Crippen molar-refractivity contribution in [2.75, 3.05) is 20.1 Å². The molecule has 142 valence electrons. The van der Waals surface area contributed by atoms with Crippen molar-refractivity contribution in [3.05, 3.63) is 53.3 Å². The molecule has 0 amide bonds. The van der Waals surface area contributed by atoms with E-state index in [-0.39, 0.29) is 0 Å². The fourth-order valence-electron chi connectivity index (χ4n) is 2.51. The van der Waals surface area contributed by atoms with Gasteiger partial charge in [-0.25, -0.2) is 0 Å². The molecule has 0 unspecified atom stereocenters. The van der Waals surface area contributed by atoms with Gasteiger partial charge in [-0.15, -0.1) is 0 Å². The van der Waals surface area contributed by atoms with Crippen LogP contribution in [0.25, 0.3) is 0 Å². The quantitative estimate of drug-likeness (QED) is 0.630. The van der Waals surface area contributed by atoms with Crippen molar-refractivity contribution >= 4 is 5.96 Å². The molecular weight excluding hydrogens is 343 g/mol. The highest BCUT2D eigenvalue weighted by molar-refractivity contribution is 5.79. The zero-order valence-electron chi connectivity index (χ0n) is 15.2. The van der Waals surface area contributed by atoms with Crippen LogP contribution in [0, 0.1) is 0 Å². The molecule has 0 spiro atoms. The summed E-state index contributed by atoms with van der Waals surface area (Å²) in [5, 5.41) is 7.33. The number of aromatic nitrogens is 2. The first-order chi connectivity index (χ1) is 12.3. The van der Waals surface area contributed by atoms with E-state index in [1.165, 1.54) is 12.1 Å². The Labute approximate surface area is 151 Å². The van der Waals surface area contributed by atoms with Gasteiger partial charge in [0, 0.05) is 39.9 Å². The number of aliphatic imine (C=N–C) groups is 1. The molecule has 0 aliphatic carbocycles. The smallest absolute Gasteiger partial charge is 0.357 e. The Morgan fingerprint density at radius 2 is 1.92 bits per heavy atom. The lowest BCUT2D eigenvalue weighted by Gasteiger charge is -2.22. The lowest BCUT2D eigenvalue weighted by Crippen LogP contribution is -2.38. The van der Waals surface area contributed by atoms with Crippen LogP contribution in [-0.2, 0) is 26.2 Å². The number of guanidine groups is 1. The first-order valence-corrected chi connectivity index (χ1v) is 8.42. The molecule has 0 aliphatic rings. The summed E-state index contributed by atoms with van der Waals surface area (Å²) in [6.45, 7) is 3.76. The van der Waals surface area contributed by atoms with Crippen LogP contribution >= 0.6 is 0 Å². The molecule has 8 heteroatoms. The lowest BCUT2D eigenvalue weighted by molar-refractivity contribution is -0.137. The summed E-state index contributed by atoms with van der Waals surface area (Å²) in [6.07, 6.45) is 0.229. The topological polar surface area (TPSA) is 45.5 Å². The number of halogens is 3. The third-order valence-corrected chi connectivity index (χ3v) is 3.82. The van der Waals surface area contributed by atoms with Gasteiger partial charge in [0.1, 0.15) is 0 Å². The minimum atomic E-state index is -4.31. The van der Waals surface area contributed by atoms with Crippen molar-refractivity contribution in [3.63, 3.8) is 0 Å². The molecule has 0 radical (unpaired) electrons. The minimum absolute atomic E-state index is 0.469. The number of nitrogens with zero attached hydrogens (tertiary/aromatic N) is 4. The van der Waals surface area contributed by atoms with Gasteiger partial charge in [0.05, 0.1) is 11.8 Å². The Hall–Kier alpha value is -2.51. The fourth-order valence-corrected chi connectivity index (χ4v) is 2.51. The molecule has 0 saturated carbocycles. The van der Waals surface area contributed by atoms with Crippen molar-refractivity contribution in [3.8, 4) is 0 Å². The summed E-state index contributed by atoms with van der Waals surface area (Å²) in [6, 6.07) is 5.21. The normalized spacial score (nSPS) is 12.3. The predicted octanol–water partition coefficient (Wildman–Crippen LogP) is 3.08. The zero-order chi connectivity index (χ0) is 19.2. The van der Waals surface area contributed by atoms with E-state index in [1.54, 1.807) is 4.68 Å². The predicted molar refractivity (Wildman–Crippen MR) is 95.8 cm³/mol. The van der Waals surface area contributed by atoms with E-state index in [9.17, 15) is 13.2 Å². The Morgan fingerprint density at radius 1 is 1.23 bits per heavy atom. The van der Waals surface area contributed by atoms with Gasteiger partial charge in [-0.1, -0.05) is 12.1 Å². The highest BCUT2D eigenvalue weighted by atomic mass is 19.4. The zero-order valence-corrected chi connectivity index (χ0v) is 15.2. The van der Waals surface area contributed by atoms with Crippen molar-refractivity contribution < 1.29 is 13.2 Å². The number of aryl methyl sites for hydroxylation is 1. The van der Waals surface area contributed by atoms with E-state index < -0.39 is 11.7 Å². The van der Waals surface area contributed by atoms with Crippen LogP contribution in [0.5, 0.6) is 0 Å². The third-order valence-electron chi connectivity index (χ3n) is 3.82. The monoisotopic (exact) mass is 367 g/mol. The second-order valence-corrected chi connectivity index (χ2v) is 6.06. The highest BCUT2D eigenvalue weighted by Crippen LogP contribution is 2.29. The van der Waals surface area contributed by atoms with Gasteiger partial charge < -0.3 is 10.2 Å². The van der Waals surface area contributed by atoms with Crippen LogP contribution < -0.4 is 5.32 Å².